The van der Waals surface area contributed by atoms with Crippen LogP contribution in [-0.4, -0.2) is 39.4 Å². The van der Waals surface area contributed by atoms with Gasteiger partial charge >= 0.3 is 6.09 Å². The van der Waals surface area contributed by atoms with E-state index >= 15 is 0 Å². The van der Waals surface area contributed by atoms with Gasteiger partial charge in [-0.2, -0.15) is 0 Å². The van der Waals surface area contributed by atoms with Gasteiger partial charge in [0.2, 0.25) is 11.8 Å². The maximum Gasteiger partial charge on any atom is 0.410 e. The van der Waals surface area contributed by atoms with Crippen LogP contribution in [0.3, 0.4) is 0 Å². The molecular weight excluding hydrogens is 258 g/mol. The molecule has 1 saturated heterocycles. The summed E-state index contributed by atoms with van der Waals surface area (Å²) in [6.45, 7) is 10.1. The molecule has 0 aromatic carbocycles. The summed E-state index contributed by atoms with van der Waals surface area (Å²) in [5.74, 6) is 1.49. The summed E-state index contributed by atoms with van der Waals surface area (Å²) in [6.07, 6.45) is 1.40. The Hall–Kier alpha value is -1.59. The third-order valence-electron chi connectivity index (χ3n) is 3.40. The average Bonchev–Trinajstić information content (AvgIpc) is 2.73. The van der Waals surface area contributed by atoms with Crippen LogP contribution in [0.1, 0.15) is 58.2 Å². The molecule has 0 saturated carbocycles. The maximum atomic E-state index is 12.1. The number of piperidine rings is 1. The molecule has 20 heavy (non-hydrogen) atoms. The van der Waals surface area contributed by atoms with Gasteiger partial charge in [-0.05, 0) is 40.5 Å². The van der Waals surface area contributed by atoms with Crippen molar-refractivity contribution in [2.24, 2.45) is 0 Å². The predicted molar refractivity (Wildman–Crippen MR) is 73.4 cm³/mol. The lowest BCUT2D eigenvalue weighted by molar-refractivity contribution is 0.00948. The summed E-state index contributed by atoms with van der Waals surface area (Å²) in [5.41, 5.74) is -0.461. The highest BCUT2D eigenvalue weighted by molar-refractivity contribution is 5.68. The second-order valence-electron chi connectivity index (χ2n) is 6.40. The summed E-state index contributed by atoms with van der Waals surface area (Å²) >= 11 is 0. The number of aromatic nitrogens is 2. The lowest BCUT2D eigenvalue weighted by atomic mass is 9.92. The van der Waals surface area contributed by atoms with Crippen molar-refractivity contribution in [3.8, 4) is 0 Å². The minimum atomic E-state index is -0.461. The zero-order valence-electron chi connectivity index (χ0n) is 12.8. The zero-order chi connectivity index (χ0) is 14.9. The number of likely N-dealkylation sites (tertiary alicyclic amines) is 1. The number of nitrogens with zero attached hydrogens (tertiary/aromatic N) is 3. The summed E-state index contributed by atoms with van der Waals surface area (Å²) in [4.78, 5) is 13.9. The van der Waals surface area contributed by atoms with E-state index in [0.717, 1.165) is 12.8 Å². The van der Waals surface area contributed by atoms with Crippen LogP contribution in [0.2, 0.25) is 0 Å². The molecule has 6 nitrogen and oxygen atoms in total. The Kier molecular flexibility index (Phi) is 4.01. The minimum Gasteiger partial charge on any atom is -0.444 e. The Labute approximate surface area is 119 Å². The van der Waals surface area contributed by atoms with Crippen molar-refractivity contribution in [3.05, 3.63) is 11.8 Å². The summed E-state index contributed by atoms with van der Waals surface area (Å²) in [6, 6.07) is 0.107. The van der Waals surface area contributed by atoms with Gasteiger partial charge in [-0.3, -0.25) is 0 Å². The number of ether oxygens (including phenoxy) is 1. The fourth-order valence-electron chi connectivity index (χ4n) is 2.47. The van der Waals surface area contributed by atoms with E-state index in [4.69, 9.17) is 9.15 Å². The van der Waals surface area contributed by atoms with Crippen LogP contribution in [0.5, 0.6) is 0 Å². The van der Waals surface area contributed by atoms with Gasteiger partial charge in [0.15, 0.2) is 0 Å². The van der Waals surface area contributed by atoms with Crippen molar-refractivity contribution >= 4 is 6.09 Å². The van der Waals surface area contributed by atoms with E-state index in [-0.39, 0.29) is 18.1 Å². The van der Waals surface area contributed by atoms with Crippen molar-refractivity contribution in [2.45, 2.75) is 65.0 Å². The first-order chi connectivity index (χ1) is 9.26. The monoisotopic (exact) mass is 281 g/mol. The smallest absolute Gasteiger partial charge is 0.410 e. The molecule has 0 N–H and O–H groups in total. The minimum absolute atomic E-state index is 0.107. The number of carbonyl (C=O) groups is 1. The fraction of sp³-hybridized carbons (Fsp3) is 0.786. The van der Waals surface area contributed by atoms with Crippen molar-refractivity contribution in [1.82, 2.24) is 15.1 Å². The molecule has 1 fully saturated rings. The standard InChI is InChI=1S/C14H23N3O3/c1-9-8-11(12-16-15-10(2)19-12)6-7-17(9)13(18)20-14(3,4)5/h9,11H,6-8H2,1-5H3. The molecule has 2 heterocycles. The Balaban J connectivity index is 1.97. The average molecular weight is 281 g/mol. The van der Waals surface area contributed by atoms with E-state index in [9.17, 15) is 4.79 Å². The number of rotatable bonds is 1. The van der Waals surface area contributed by atoms with Crippen molar-refractivity contribution in [3.63, 3.8) is 0 Å². The normalized spacial score (nSPS) is 23.8. The second kappa shape index (κ2) is 5.42. The van der Waals surface area contributed by atoms with Crippen LogP contribution < -0.4 is 0 Å². The van der Waals surface area contributed by atoms with Gasteiger partial charge in [-0.1, -0.05) is 0 Å². The zero-order valence-corrected chi connectivity index (χ0v) is 12.8. The summed E-state index contributed by atoms with van der Waals surface area (Å²) < 4.78 is 10.9. The molecule has 112 valence electrons. The topological polar surface area (TPSA) is 68.5 Å². The van der Waals surface area contributed by atoms with Crippen LogP contribution in [0.4, 0.5) is 4.79 Å². The SMILES string of the molecule is Cc1nnc(C2CCN(C(=O)OC(C)(C)C)C(C)C2)o1. The quantitative estimate of drug-likeness (QED) is 0.791. The van der Waals surface area contributed by atoms with Crippen LogP contribution in [0, 0.1) is 6.92 Å². The molecule has 1 aliphatic rings. The second-order valence-corrected chi connectivity index (χ2v) is 6.40. The van der Waals surface area contributed by atoms with E-state index in [0.29, 0.717) is 18.3 Å². The van der Waals surface area contributed by atoms with Gasteiger partial charge in [-0.15, -0.1) is 10.2 Å². The molecule has 0 aliphatic carbocycles. The highest BCUT2D eigenvalue weighted by atomic mass is 16.6. The van der Waals surface area contributed by atoms with Crippen molar-refractivity contribution in [1.29, 1.82) is 0 Å². The first-order valence-corrected chi connectivity index (χ1v) is 7.06. The molecule has 0 bridgehead atoms. The molecular formula is C14H23N3O3. The third-order valence-corrected chi connectivity index (χ3v) is 3.40. The Bertz CT molecular complexity index is 478. The molecule has 0 spiro atoms. The largest absolute Gasteiger partial charge is 0.444 e. The summed E-state index contributed by atoms with van der Waals surface area (Å²) in [5, 5.41) is 7.95. The fourth-order valence-corrected chi connectivity index (χ4v) is 2.47. The molecule has 1 aromatic heterocycles. The summed E-state index contributed by atoms with van der Waals surface area (Å²) in [7, 11) is 0. The molecule has 2 rings (SSSR count). The molecule has 1 amide bonds. The lowest BCUT2D eigenvalue weighted by Gasteiger charge is -2.37. The van der Waals surface area contributed by atoms with E-state index in [1.807, 2.05) is 27.7 Å². The van der Waals surface area contributed by atoms with Crippen LogP contribution in [0.15, 0.2) is 4.42 Å². The highest BCUT2D eigenvalue weighted by Crippen LogP contribution is 2.31. The van der Waals surface area contributed by atoms with Gasteiger partial charge in [0.05, 0.1) is 0 Å². The number of carbonyl (C=O) groups excluding carboxylic acids is 1. The molecule has 2 unspecified atom stereocenters. The van der Waals surface area contributed by atoms with Gasteiger partial charge < -0.3 is 14.1 Å². The van der Waals surface area contributed by atoms with Gasteiger partial charge in [-0.25, -0.2) is 4.79 Å². The van der Waals surface area contributed by atoms with Crippen LogP contribution in [-0.2, 0) is 4.74 Å². The molecule has 6 heteroatoms. The molecule has 2 atom stereocenters. The Morgan fingerprint density at radius 3 is 2.60 bits per heavy atom. The van der Waals surface area contributed by atoms with E-state index < -0.39 is 5.60 Å². The highest BCUT2D eigenvalue weighted by Gasteiger charge is 2.34. The maximum absolute atomic E-state index is 12.1. The van der Waals surface area contributed by atoms with Gasteiger partial charge in [0.25, 0.3) is 0 Å². The van der Waals surface area contributed by atoms with E-state index in [1.54, 1.807) is 11.8 Å². The lowest BCUT2D eigenvalue weighted by Crippen LogP contribution is -2.46. The van der Waals surface area contributed by atoms with Crippen LogP contribution >= 0.6 is 0 Å². The first-order valence-electron chi connectivity index (χ1n) is 7.06. The number of hydrogen-bond acceptors (Lipinski definition) is 5. The number of hydrogen-bond donors (Lipinski definition) is 0. The Morgan fingerprint density at radius 1 is 1.40 bits per heavy atom. The number of aryl methyl sites for hydroxylation is 1. The van der Waals surface area contributed by atoms with E-state index in [2.05, 4.69) is 10.2 Å². The van der Waals surface area contributed by atoms with Crippen molar-refractivity contribution in [2.75, 3.05) is 6.54 Å². The van der Waals surface area contributed by atoms with Crippen LogP contribution in [0.25, 0.3) is 0 Å². The van der Waals surface area contributed by atoms with E-state index in [1.165, 1.54) is 0 Å². The Morgan fingerprint density at radius 2 is 2.10 bits per heavy atom. The molecule has 0 radical (unpaired) electrons. The molecule has 1 aromatic rings. The van der Waals surface area contributed by atoms with Gasteiger partial charge in [0.1, 0.15) is 5.60 Å². The number of amides is 1. The predicted octanol–water partition coefficient (Wildman–Crippen LogP) is 2.88. The van der Waals surface area contributed by atoms with Crippen molar-refractivity contribution < 1.29 is 13.9 Å². The third kappa shape index (κ3) is 3.49. The first kappa shape index (κ1) is 14.8. The van der Waals surface area contributed by atoms with Gasteiger partial charge in [0, 0.05) is 25.4 Å². The molecule has 1 aliphatic heterocycles.